The summed E-state index contributed by atoms with van der Waals surface area (Å²) in [4.78, 5) is 24.4. The molecule has 2 saturated heterocycles. The van der Waals surface area contributed by atoms with Gasteiger partial charge in [-0.3, -0.25) is 9.69 Å². The molecule has 2 N–H and O–H groups in total. The van der Waals surface area contributed by atoms with Crippen molar-refractivity contribution in [1.82, 2.24) is 15.5 Å². The highest BCUT2D eigenvalue weighted by Crippen LogP contribution is 2.21. The van der Waals surface area contributed by atoms with E-state index < -0.39 is 5.54 Å². The Hall–Kier alpha value is -1.10. The first-order valence-electron chi connectivity index (χ1n) is 4.54. The van der Waals surface area contributed by atoms with Crippen LogP contribution in [0.3, 0.4) is 0 Å². The van der Waals surface area contributed by atoms with Crippen molar-refractivity contribution in [1.29, 1.82) is 0 Å². The van der Waals surface area contributed by atoms with Gasteiger partial charge in [0.2, 0.25) is 0 Å². The third-order valence-corrected chi connectivity index (χ3v) is 2.55. The van der Waals surface area contributed by atoms with E-state index >= 15 is 0 Å². The third kappa shape index (κ3) is 1.03. The lowest BCUT2D eigenvalue weighted by atomic mass is 9.93. The van der Waals surface area contributed by atoms with Crippen LogP contribution < -0.4 is 10.6 Å². The van der Waals surface area contributed by atoms with Crippen LogP contribution in [0.4, 0.5) is 4.79 Å². The number of hydrogen-bond acceptors (Lipinski definition) is 3. The fraction of sp³-hybridized carbons (Fsp3) is 0.750. The number of hydrogen-bond donors (Lipinski definition) is 2. The molecule has 2 rings (SSSR count). The Balaban J connectivity index is 2.14. The Bertz CT molecular complexity index is 260. The van der Waals surface area contributed by atoms with E-state index in [4.69, 9.17) is 0 Å². The van der Waals surface area contributed by atoms with E-state index in [1.54, 1.807) is 0 Å². The molecule has 5 nitrogen and oxygen atoms in total. The quantitative estimate of drug-likeness (QED) is 0.556. The van der Waals surface area contributed by atoms with Gasteiger partial charge in [-0.15, -0.1) is 0 Å². The molecule has 0 radical (unpaired) electrons. The van der Waals surface area contributed by atoms with E-state index in [0.717, 1.165) is 6.42 Å². The molecule has 0 bridgehead atoms. The highest BCUT2D eigenvalue weighted by molar-refractivity contribution is 6.08. The Labute approximate surface area is 76.5 Å². The van der Waals surface area contributed by atoms with E-state index in [-0.39, 0.29) is 11.9 Å². The molecule has 0 aromatic heterocycles. The van der Waals surface area contributed by atoms with Crippen molar-refractivity contribution in [3.8, 4) is 0 Å². The number of carbonyl (C=O) groups is 2. The zero-order valence-corrected chi connectivity index (χ0v) is 7.59. The summed E-state index contributed by atoms with van der Waals surface area (Å²) in [5, 5.41) is 5.72. The minimum Gasteiger partial charge on any atom is -0.321 e. The summed E-state index contributed by atoms with van der Waals surface area (Å²) in [6.45, 7) is 3.60. The number of carbonyl (C=O) groups excluding carboxylic acids is 2. The molecule has 0 saturated carbocycles. The van der Waals surface area contributed by atoms with Crippen LogP contribution in [0.15, 0.2) is 0 Å². The maximum absolute atomic E-state index is 11.7. The molecule has 2 aliphatic rings. The highest BCUT2D eigenvalue weighted by Gasteiger charge is 2.54. The number of nitrogens with one attached hydrogen (secondary N) is 2. The van der Waals surface area contributed by atoms with Crippen molar-refractivity contribution in [2.75, 3.05) is 19.6 Å². The van der Waals surface area contributed by atoms with Crippen LogP contribution in [0.25, 0.3) is 0 Å². The van der Waals surface area contributed by atoms with E-state index in [2.05, 4.69) is 10.6 Å². The van der Waals surface area contributed by atoms with Crippen molar-refractivity contribution in [3.05, 3.63) is 0 Å². The first-order valence-corrected chi connectivity index (χ1v) is 4.54. The van der Waals surface area contributed by atoms with Crippen molar-refractivity contribution >= 4 is 11.9 Å². The van der Waals surface area contributed by atoms with E-state index in [1.807, 2.05) is 6.92 Å². The zero-order chi connectivity index (χ0) is 9.47. The van der Waals surface area contributed by atoms with Crippen LogP contribution in [0, 0.1) is 0 Å². The topological polar surface area (TPSA) is 61.4 Å². The molecule has 0 unspecified atom stereocenters. The van der Waals surface area contributed by atoms with Gasteiger partial charge in [-0.25, -0.2) is 4.79 Å². The van der Waals surface area contributed by atoms with Gasteiger partial charge in [-0.1, -0.05) is 6.92 Å². The Morgan fingerprint density at radius 2 is 2.15 bits per heavy atom. The number of nitrogens with zero attached hydrogens (tertiary/aromatic N) is 1. The largest absolute Gasteiger partial charge is 0.325 e. The summed E-state index contributed by atoms with van der Waals surface area (Å²) < 4.78 is 0. The maximum Gasteiger partial charge on any atom is 0.325 e. The van der Waals surface area contributed by atoms with Crippen LogP contribution >= 0.6 is 0 Å². The number of amides is 3. The van der Waals surface area contributed by atoms with E-state index in [1.165, 1.54) is 4.90 Å². The van der Waals surface area contributed by atoms with Crippen LogP contribution in [0.5, 0.6) is 0 Å². The fourth-order valence-corrected chi connectivity index (χ4v) is 1.72. The summed E-state index contributed by atoms with van der Waals surface area (Å²) in [6.07, 6.45) is 0.808. The van der Waals surface area contributed by atoms with Crippen molar-refractivity contribution in [3.63, 3.8) is 0 Å². The maximum atomic E-state index is 11.7. The molecule has 2 fully saturated rings. The predicted octanol–water partition coefficient (Wildman–Crippen LogP) is -0.710. The molecule has 0 aliphatic carbocycles. The van der Waals surface area contributed by atoms with E-state index in [9.17, 15) is 9.59 Å². The smallest absolute Gasteiger partial charge is 0.321 e. The first kappa shape index (κ1) is 8.50. The van der Waals surface area contributed by atoms with E-state index in [0.29, 0.717) is 19.6 Å². The number of imide groups is 1. The summed E-state index contributed by atoms with van der Waals surface area (Å²) in [6, 6.07) is -0.242. The van der Waals surface area contributed by atoms with Gasteiger partial charge in [-0.2, -0.15) is 0 Å². The van der Waals surface area contributed by atoms with Crippen LogP contribution in [0.2, 0.25) is 0 Å². The summed E-state index contributed by atoms with van der Waals surface area (Å²) >= 11 is 0. The molecule has 1 spiro atoms. The molecule has 0 aromatic rings. The molecule has 3 amide bonds. The summed E-state index contributed by atoms with van der Waals surface area (Å²) in [5.74, 6) is -0.0712. The Morgan fingerprint density at radius 1 is 1.46 bits per heavy atom. The second-order valence-electron chi connectivity index (χ2n) is 3.57. The van der Waals surface area contributed by atoms with Crippen LogP contribution in [-0.2, 0) is 4.79 Å². The van der Waals surface area contributed by atoms with Crippen molar-refractivity contribution in [2.45, 2.75) is 18.9 Å². The predicted molar refractivity (Wildman–Crippen MR) is 46.1 cm³/mol. The molecule has 72 valence electrons. The molecular weight excluding hydrogens is 170 g/mol. The lowest BCUT2D eigenvalue weighted by Crippen LogP contribution is -2.69. The minimum absolute atomic E-state index is 0.0712. The molecule has 13 heavy (non-hydrogen) atoms. The molecule has 2 heterocycles. The van der Waals surface area contributed by atoms with Crippen LogP contribution in [-0.4, -0.2) is 42.0 Å². The van der Waals surface area contributed by atoms with Gasteiger partial charge in [0.15, 0.2) is 0 Å². The van der Waals surface area contributed by atoms with Gasteiger partial charge in [0, 0.05) is 19.6 Å². The van der Waals surface area contributed by atoms with Gasteiger partial charge >= 0.3 is 6.03 Å². The number of rotatable bonds is 2. The van der Waals surface area contributed by atoms with Gasteiger partial charge in [0.1, 0.15) is 5.54 Å². The molecule has 2 aliphatic heterocycles. The molecule has 0 atom stereocenters. The average molecular weight is 183 g/mol. The summed E-state index contributed by atoms with van der Waals surface area (Å²) in [7, 11) is 0. The first-order chi connectivity index (χ1) is 6.19. The second kappa shape index (κ2) is 2.70. The van der Waals surface area contributed by atoms with Gasteiger partial charge in [0.05, 0.1) is 0 Å². The lowest BCUT2D eigenvalue weighted by molar-refractivity contribution is -0.132. The number of urea groups is 1. The van der Waals surface area contributed by atoms with Crippen LogP contribution in [0.1, 0.15) is 13.3 Å². The monoisotopic (exact) mass is 183 g/mol. The normalized spacial score (nSPS) is 24.8. The lowest BCUT2D eigenvalue weighted by Gasteiger charge is -2.36. The van der Waals surface area contributed by atoms with Crippen molar-refractivity contribution < 1.29 is 9.59 Å². The SMILES string of the molecule is CCCN1C(=O)NC2(CNC2)C1=O. The average Bonchev–Trinajstić information content (AvgIpc) is 2.28. The Morgan fingerprint density at radius 3 is 2.54 bits per heavy atom. The molecular formula is C8H13N3O2. The summed E-state index contributed by atoms with van der Waals surface area (Å²) in [5.41, 5.74) is -0.605. The standard InChI is InChI=1S/C8H13N3O2/c1-2-3-11-6(12)8(4-9-5-8)10-7(11)13/h9H,2-5H2,1H3,(H,10,13). The van der Waals surface area contributed by atoms with Gasteiger partial charge < -0.3 is 10.6 Å². The van der Waals surface area contributed by atoms with Gasteiger partial charge in [-0.05, 0) is 6.42 Å². The van der Waals surface area contributed by atoms with Crippen molar-refractivity contribution in [2.24, 2.45) is 0 Å². The third-order valence-electron chi connectivity index (χ3n) is 2.55. The van der Waals surface area contributed by atoms with Gasteiger partial charge in [0.25, 0.3) is 5.91 Å². The minimum atomic E-state index is -0.605. The highest BCUT2D eigenvalue weighted by atomic mass is 16.2. The second-order valence-corrected chi connectivity index (χ2v) is 3.57. The molecule has 0 aromatic carbocycles. The molecule has 5 heteroatoms. The zero-order valence-electron chi connectivity index (χ0n) is 7.59. The Kier molecular flexibility index (Phi) is 1.76. The fourth-order valence-electron chi connectivity index (χ4n) is 1.72.